The van der Waals surface area contributed by atoms with E-state index >= 15 is 0 Å². The van der Waals surface area contributed by atoms with Gasteiger partial charge in [0.15, 0.2) is 0 Å². The lowest BCUT2D eigenvalue weighted by Gasteiger charge is -2.09. The highest BCUT2D eigenvalue weighted by Gasteiger charge is 2.09. The van der Waals surface area contributed by atoms with Crippen LogP contribution in [-0.2, 0) is 0 Å². The fraction of sp³-hybridized carbons (Fsp3) is 0.286. The molecule has 0 amide bonds. The molecule has 18 heavy (non-hydrogen) atoms. The van der Waals surface area contributed by atoms with Crippen LogP contribution < -0.4 is 5.73 Å². The third-order valence-electron chi connectivity index (χ3n) is 2.62. The lowest BCUT2D eigenvalue weighted by molar-refractivity contribution is 0.627. The molecule has 0 aliphatic carbocycles. The molecule has 1 aromatic carbocycles. The molecule has 0 radical (unpaired) electrons. The van der Waals surface area contributed by atoms with Crippen LogP contribution in [0.15, 0.2) is 24.3 Å². The second kappa shape index (κ2) is 4.72. The molecule has 2 aromatic rings. The van der Waals surface area contributed by atoms with Crippen LogP contribution in [0.2, 0.25) is 0 Å². The fourth-order valence-electron chi connectivity index (χ4n) is 1.78. The van der Waals surface area contributed by atoms with Crippen LogP contribution in [0, 0.1) is 12.7 Å². The quantitative estimate of drug-likeness (QED) is 0.883. The summed E-state index contributed by atoms with van der Waals surface area (Å²) in [4.78, 5) is 8.60. The van der Waals surface area contributed by atoms with Crippen molar-refractivity contribution in [3.8, 4) is 11.3 Å². The Morgan fingerprint density at radius 1 is 1.11 bits per heavy atom. The second-order valence-corrected chi connectivity index (χ2v) is 4.71. The van der Waals surface area contributed by atoms with E-state index in [2.05, 4.69) is 9.97 Å². The second-order valence-electron chi connectivity index (χ2n) is 4.71. The molecule has 4 heteroatoms. The zero-order chi connectivity index (χ0) is 13.3. The van der Waals surface area contributed by atoms with Crippen LogP contribution in [0.3, 0.4) is 0 Å². The summed E-state index contributed by atoms with van der Waals surface area (Å²) in [6.45, 7) is 5.84. The highest BCUT2D eigenvalue weighted by Crippen LogP contribution is 2.23. The van der Waals surface area contributed by atoms with E-state index in [0.29, 0.717) is 17.3 Å². The van der Waals surface area contributed by atoms with E-state index in [1.54, 1.807) is 6.07 Å². The standard InChI is InChI=1S/C14H16FN3/c1-8(2)14-17-12(7-13(16)18-14)10-4-9(3)5-11(15)6-10/h4-8H,1-3H3,(H2,16,17,18). The van der Waals surface area contributed by atoms with Gasteiger partial charge in [-0.05, 0) is 30.7 Å². The van der Waals surface area contributed by atoms with Gasteiger partial charge in [0.1, 0.15) is 17.5 Å². The third-order valence-corrected chi connectivity index (χ3v) is 2.62. The van der Waals surface area contributed by atoms with E-state index in [0.717, 1.165) is 11.1 Å². The van der Waals surface area contributed by atoms with Crippen LogP contribution in [-0.4, -0.2) is 9.97 Å². The predicted molar refractivity (Wildman–Crippen MR) is 70.7 cm³/mol. The summed E-state index contributed by atoms with van der Waals surface area (Å²) < 4.78 is 13.4. The number of hydrogen-bond acceptors (Lipinski definition) is 3. The van der Waals surface area contributed by atoms with E-state index < -0.39 is 0 Å². The van der Waals surface area contributed by atoms with Crippen molar-refractivity contribution in [2.24, 2.45) is 0 Å². The Morgan fingerprint density at radius 3 is 2.44 bits per heavy atom. The first kappa shape index (κ1) is 12.5. The van der Waals surface area contributed by atoms with Crippen molar-refractivity contribution < 1.29 is 4.39 Å². The van der Waals surface area contributed by atoms with Gasteiger partial charge in [-0.25, -0.2) is 14.4 Å². The molecule has 0 fully saturated rings. The number of nitrogen functional groups attached to an aromatic ring is 1. The number of halogens is 1. The van der Waals surface area contributed by atoms with E-state index in [4.69, 9.17) is 5.73 Å². The molecule has 0 unspecified atom stereocenters. The average molecular weight is 245 g/mol. The van der Waals surface area contributed by atoms with Crippen LogP contribution in [0.25, 0.3) is 11.3 Å². The highest BCUT2D eigenvalue weighted by molar-refractivity contribution is 5.62. The van der Waals surface area contributed by atoms with Crippen LogP contribution in [0.5, 0.6) is 0 Å². The van der Waals surface area contributed by atoms with Crippen molar-refractivity contribution in [2.75, 3.05) is 5.73 Å². The molecule has 3 nitrogen and oxygen atoms in total. The summed E-state index contributed by atoms with van der Waals surface area (Å²) in [7, 11) is 0. The summed E-state index contributed by atoms with van der Waals surface area (Å²) in [6, 6.07) is 6.49. The van der Waals surface area contributed by atoms with Gasteiger partial charge in [0.05, 0.1) is 5.69 Å². The highest BCUT2D eigenvalue weighted by atomic mass is 19.1. The van der Waals surface area contributed by atoms with Crippen molar-refractivity contribution in [1.82, 2.24) is 9.97 Å². The fourth-order valence-corrected chi connectivity index (χ4v) is 1.78. The largest absolute Gasteiger partial charge is 0.384 e. The molecule has 0 aliphatic heterocycles. The summed E-state index contributed by atoms with van der Waals surface area (Å²) in [5.74, 6) is 0.993. The summed E-state index contributed by atoms with van der Waals surface area (Å²) in [5.41, 5.74) is 8.01. The minimum absolute atomic E-state index is 0.182. The molecule has 0 aliphatic rings. The predicted octanol–water partition coefficient (Wildman–Crippen LogP) is 3.30. The number of rotatable bonds is 2. The Labute approximate surface area is 106 Å². The van der Waals surface area contributed by atoms with Gasteiger partial charge in [-0.2, -0.15) is 0 Å². The Morgan fingerprint density at radius 2 is 1.83 bits per heavy atom. The first-order chi connectivity index (χ1) is 8.45. The third kappa shape index (κ3) is 2.64. The van der Waals surface area contributed by atoms with Crippen LogP contribution in [0.4, 0.5) is 10.2 Å². The van der Waals surface area contributed by atoms with Crippen LogP contribution in [0.1, 0.15) is 31.2 Å². The monoisotopic (exact) mass is 245 g/mol. The Bertz CT molecular complexity index is 559. The van der Waals surface area contributed by atoms with Crippen molar-refractivity contribution >= 4 is 5.82 Å². The zero-order valence-corrected chi connectivity index (χ0v) is 10.7. The maximum atomic E-state index is 13.4. The van der Waals surface area contributed by atoms with Crippen molar-refractivity contribution in [1.29, 1.82) is 0 Å². The molecule has 0 bridgehead atoms. The van der Waals surface area contributed by atoms with E-state index in [-0.39, 0.29) is 11.7 Å². The van der Waals surface area contributed by atoms with Gasteiger partial charge >= 0.3 is 0 Å². The first-order valence-corrected chi connectivity index (χ1v) is 5.87. The summed E-state index contributed by atoms with van der Waals surface area (Å²) in [6.07, 6.45) is 0. The van der Waals surface area contributed by atoms with Gasteiger partial charge in [-0.3, -0.25) is 0 Å². The number of aryl methyl sites for hydroxylation is 1. The molecular formula is C14H16FN3. The SMILES string of the molecule is Cc1cc(F)cc(-c2cc(N)nc(C(C)C)n2)c1. The molecule has 0 atom stereocenters. The molecule has 2 N–H and O–H groups in total. The lowest BCUT2D eigenvalue weighted by atomic mass is 10.1. The molecule has 1 heterocycles. The average Bonchev–Trinajstić information content (AvgIpc) is 2.26. The van der Waals surface area contributed by atoms with Gasteiger partial charge in [-0.1, -0.05) is 13.8 Å². The zero-order valence-electron chi connectivity index (χ0n) is 10.7. The number of nitrogens with zero attached hydrogens (tertiary/aromatic N) is 2. The van der Waals surface area contributed by atoms with Gasteiger partial charge in [0.2, 0.25) is 0 Å². The first-order valence-electron chi connectivity index (χ1n) is 5.87. The smallest absolute Gasteiger partial charge is 0.133 e. The molecule has 0 spiro atoms. The number of nitrogens with two attached hydrogens (primary N) is 1. The Hall–Kier alpha value is -1.97. The molecule has 1 aromatic heterocycles. The molecule has 0 saturated heterocycles. The van der Waals surface area contributed by atoms with Crippen molar-refractivity contribution in [2.45, 2.75) is 26.7 Å². The molecule has 94 valence electrons. The number of aromatic nitrogens is 2. The lowest BCUT2D eigenvalue weighted by Crippen LogP contribution is -2.03. The normalized spacial score (nSPS) is 10.9. The minimum atomic E-state index is -0.270. The topological polar surface area (TPSA) is 51.8 Å². The van der Waals surface area contributed by atoms with E-state index in [1.165, 1.54) is 12.1 Å². The van der Waals surface area contributed by atoms with Gasteiger partial charge < -0.3 is 5.73 Å². The Balaban J connectivity index is 2.56. The number of hydrogen-bond donors (Lipinski definition) is 1. The Kier molecular flexibility index (Phi) is 3.28. The van der Waals surface area contributed by atoms with Crippen molar-refractivity contribution in [3.05, 3.63) is 41.5 Å². The summed E-state index contributed by atoms with van der Waals surface area (Å²) in [5, 5.41) is 0. The summed E-state index contributed by atoms with van der Waals surface area (Å²) >= 11 is 0. The van der Waals surface area contributed by atoms with Gasteiger partial charge in [0, 0.05) is 17.5 Å². The number of benzene rings is 1. The number of anilines is 1. The van der Waals surface area contributed by atoms with Crippen LogP contribution >= 0.6 is 0 Å². The molecule has 2 rings (SSSR count). The van der Waals surface area contributed by atoms with E-state index in [9.17, 15) is 4.39 Å². The van der Waals surface area contributed by atoms with Gasteiger partial charge in [-0.15, -0.1) is 0 Å². The van der Waals surface area contributed by atoms with Gasteiger partial charge in [0.25, 0.3) is 0 Å². The minimum Gasteiger partial charge on any atom is -0.384 e. The van der Waals surface area contributed by atoms with Crippen molar-refractivity contribution in [3.63, 3.8) is 0 Å². The van der Waals surface area contributed by atoms with E-state index in [1.807, 2.05) is 26.8 Å². The molecular weight excluding hydrogens is 229 g/mol. The maximum Gasteiger partial charge on any atom is 0.133 e. The molecule has 0 saturated carbocycles. The maximum absolute atomic E-state index is 13.4.